The van der Waals surface area contributed by atoms with E-state index in [9.17, 15) is 19.2 Å². The molecular formula is C27H45N5O5. The second-order valence-corrected chi connectivity index (χ2v) is 9.69. The lowest BCUT2D eigenvalue weighted by Gasteiger charge is -2.38. The number of nitrogens with zero attached hydrogens (tertiary/aromatic N) is 1. The molecule has 1 heterocycles. The van der Waals surface area contributed by atoms with Gasteiger partial charge in [0.05, 0.1) is 7.39 Å². The molecule has 208 valence electrons. The third-order valence-corrected chi connectivity index (χ3v) is 6.80. The highest BCUT2D eigenvalue weighted by Crippen LogP contribution is 2.65. The zero-order chi connectivity index (χ0) is 49.0. The summed E-state index contributed by atoms with van der Waals surface area (Å²) < 4.78 is 202. The highest BCUT2D eigenvalue weighted by atomic mass is 16.2. The highest BCUT2D eigenvalue weighted by molar-refractivity contribution is 6.37. The van der Waals surface area contributed by atoms with Crippen LogP contribution in [0, 0.1) is 28.6 Å². The molecule has 3 rings (SSSR count). The number of carbonyl (C=O) groups excluding carboxylic acids is 5. The maximum Gasteiger partial charge on any atom is 0.315 e. The molecule has 10 heteroatoms. The number of carbonyl (C=O) groups is 5. The summed E-state index contributed by atoms with van der Waals surface area (Å²) in [4.78, 5) is 68.5. The summed E-state index contributed by atoms with van der Waals surface area (Å²) in [5.74, 6) is -12.0. The van der Waals surface area contributed by atoms with Crippen LogP contribution >= 0.6 is 0 Å². The largest absolute Gasteiger partial charge is 0.363 e. The summed E-state index contributed by atoms with van der Waals surface area (Å²) in [6.45, 7) is -34.6. The van der Waals surface area contributed by atoms with Gasteiger partial charge < -0.3 is 26.6 Å². The number of urea groups is 1. The normalized spacial score (nSPS) is 39.8. The molecule has 5 amide bonds. The van der Waals surface area contributed by atoms with Crippen LogP contribution in [0.5, 0.6) is 0 Å². The summed E-state index contributed by atoms with van der Waals surface area (Å²) in [5.41, 5.74) is -6.69. The Hall–Kier alpha value is -2.65. The topological polar surface area (TPSA) is 151 Å². The number of piperidine rings is 1. The Bertz CT molecular complexity index is 1700. The molecule has 0 spiro atoms. The third kappa shape index (κ3) is 6.26. The molecular weight excluding hydrogens is 474 g/mol. The highest BCUT2D eigenvalue weighted by Gasteiger charge is 2.70. The van der Waals surface area contributed by atoms with Crippen LogP contribution in [0.15, 0.2) is 0 Å². The van der Waals surface area contributed by atoms with Gasteiger partial charge in [-0.15, -0.1) is 0 Å². The van der Waals surface area contributed by atoms with Crippen LogP contribution in [-0.4, -0.2) is 64.6 Å². The summed E-state index contributed by atoms with van der Waals surface area (Å²) in [6, 6.07) is -11.8. The minimum atomic E-state index is -4.59. The van der Waals surface area contributed by atoms with Crippen LogP contribution in [0.4, 0.5) is 4.79 Å². The Morgan fingerprint density at radius 1 is 1.08 bits per heavy atom. The minimum Gasteiger partial charge on any atom is -0.363 e. The van der Waals surface area contributed by atoms with Gasteiger partial charge in [-0.2, -0.15) is 0 Å². The molecule has 2 aliphatic carbocycles. The van der Waals surface area contributed by atoms with Gasteiger partial charge in [0.2, 0.25) is 17.6 Å². The number of amides is 5. The molecule has 3 fully saturated rings. The zero-order valence-electron chi connectivity index (χ0n) is 44.5. The fourth-order valence-corrected chi connectivity index (χ4v) is 4.68. The van der Waals surface area contributed by atoms with Crippen molar-refractivity contribution in [2.45, 2.75) is 104 Å². The van der Waals surface area contributed by atoms with Gasteiger partial charge >= 0.3 is 6.03 Å². The first-order valence-electron chi connectivity index (χ1n) is 23.7. The van der Waals surface area contributed by atoms with Gasteiger partial charge in [-0.3, -0.25) is 19.2 Å². The fourth-order valence-electron chi connectivity index (χ4n) is 4.68. The number of hydrogen-bond acceptors (Lipinski definition) is 5. The van der Waals surface area contributed by atoms with Gasteiger partial charge in [0.25, 0.3) is 5.91 Å². The molecule has 0 unspecified atom stereocenters. The van der Waals surface area contributed by atoms with Crippen molar-refractivity contribution in [2.24, 2.45) is 34.3 Å². The number of hydrogen-bond donors (Lipinski definition) is 4. The average molecular weight is 545 g/mol. The van der Waals surface area contributed by atoms with E-state index in [0.717, 1.165) is 5.32 Å². The van der Waals surface area contributed by atoms with Crippen molar-refractivity contribution in [1.29, 1.82) is 0 Å². The van der Waals surface area contributed by atoms with Crippen molar-refractivity contribution < 1.29 is 58.2 Å². The van der Waals surface area contributed by atoms with Gasteiger partial charge in [0.1, 0.15) is 12.1 Å². The number of ketones is 1. The number of nitrogens with two attached hydrogens (primary N) is 1. The van der Waals surface area contributed by atoms with E-state index in [-0.39, 0.29) is 4.90 Å². The summed E-state index contributed by atoms with van der Waals surface area (Å²) in [5, 5.41) is 4.37. The maximum atomic E-state index is 15.0. The van der Waals surface area contributed by atoms with E-state index < -0.39 is 150 Å². The lowest BCUT2D eigenvalue weighted by molar-refractivity contribution is -0.145. The molecule has 37 heavy (non-hydrogen) atoms. The van der Waals surface area contributed by atoms with E-state index in [2.05, 4.69) is 0 Å². The molecule has 3 aliphatic rings. The standard InChI is InChI=1S/C27H45N5O5/c1-25(2,3)20(30-24(37)31-26(4,5)6)23(36)32-13-15-17(27(15,7)8)18(32)22(35)29-16(19(33)21(28)34)12-14-10-9-11-14/h14-18,20H,9-13H2,1-8H3,(H2,28,34)(H,29,35)(H2,30,31,37)/t15-,16+,17-,18-,20+/m0/s1/i1D3,2D3,3D3,4D3,5D3,6D3,7D3,8D3,16D. The first kappa shape index (κ1) is 10.2. The second-order valence-electron chi connectivity index (χ2n) is 9.69. The SMILES string of the molecule is [2H]C([2H])([2H])C1(C([2H])([2H])[2H])[C@@H]2[C@@H](C(=O)N[C@]([2H])(CC3CCC3)C(=O)C(N)=O)N(C(=O)[C@@H](NC(=O)NC(C([2H])([2H])[2H])(C([2H])([2H])[2H])C([2H])([2H])[2H])C(C([2H])([2H])[2H])(C([2H])([2H])[2H])C([2H])([2H])[2H])C[C@@H]21. The number of fused-ring (bicyclic) bond motifs is 1. The second kappa shape index (κ2) is 9.91. The van der Waals surface area contributed by atoms with E-state index in [1.807, 2.05) is 5.32 Å². The monoisotopic (exact) mass is 544 g/mol. The van der Waals surface area contributed by atoms with E-state index in [1.165, 1.54) is 5.32 Å². The average Bonchev–Trinajstić information content (AvgIpc) is 3.51. The van der Waals surface area contributed by atoms with Crippen molar-refractivity contribution in [1.82, 2.24) is 20.9 Å². The van der Waals surface area contributed by atoms with Crippen LogP contribution in [-0.2, 0) is 19.2 Å². The predicted molar refractivity (Wildman–Crippen MR) is 139 cm³/mol. The fraction of sp³-hybridized carbons (Fsp3) is 0.815. The molecule has 0 radical (unpaired) electrons. The van der Waals surface area contributed by atoms with Crippen LogP contribution in [0.2, 0.25) is 0 Å². The number of rotatable bonds is 8. The molecule has 1 aliphatic heterocycles. The van der Waals surface area contributed by atoms with E-state index in [1.54, 1.807) is 0 Å². The molecule has 2 saturated carbocycles. The Kier molecular flexibility index (Phi) is 2.72. The first-order chi connectivity index (χ1) is 27.2. The third-order valence-electron chi connectivity index (χ3n) is 6.80. The molecule has 0 aromatic rings. The van der Waals surface area contributed by atoms with Crippen molar-refractivity contribution in [3.8, 4) is 0 Å². The van der Waals surface area contributed by atoms with Gasteiger partial charge in [0, 0.05) is 45.0 Å². The number of nitrogens with one attached hydrogen (secondary N) is 3. The first-order valence-corrected chi connectivity index (χ1v) is 11.2. The maximum absolute atomic E-state index is 15.0. The number of Topliss-reactive ketones (excluding diaryl/α,β-unsaturated/α-hetero) is 1. The quantitative estimate of drug-likeness (QED) is 0.343. The van der Waals surface area contributed by atoms with Crippen molar-refractivity contribution in [3.63, 3.8) is 0 Å². The van der Waals surface area contributed by atoms with Crippen LogP contribution in [0.1, 0.15) is 115 Å². The molecule has 5 atom stereocenters. The van der Waals surface area contributed by atoms with Crippen LogP contribution in [0.25, 0.3) is 0 Å². The Morgan fingerprint density at radius 3 is 2.27 bits per heavy atom. The zero-order valence-corrected chi connectivity index (χ0v) is 19.5. The van der Waals surface area contributed by atoms with Gasteiger partial charge in [0.15, 0.2) is 0 Å². The van der Waals surface area contributed by atoms with Crippen LogP contribution < -0.4 is 21.7 Å². The summed E-state index contributed by atoms with van der Waals surface area (Å²) in [7, 11) is 0. The predicted octanol–water partition coefficient (Wildman–Crippen LogP) is 1.71. The van der Waals surface area contributed by atoms with Gasteiger partial charge in [-0.1, -0.05) is 53.5 Å². The smallest absolute Gasteiger partial charge is 0.315 e. The molecule has 0 bridgehead atoms. The number of likely N-dealkylation sites (tertiary alicyclic amines) is 1. The molecule has 5 N–H and O–H groups in total. The van der Waals surface area contributed by atoms with E-state index >= 15 is 4.79 Å². The molecule has 1 saturated heterocycles. The lowest BCUT2D eigenvalue weighted by Crippen LogP contribution is -2.62. The van der Waals surface area contributed by atoms with Crippen molar-refractivity contribution >= 4 is 29.5 Å². The molecule has 10 nitrogen and oxygen atoms in total. The van der Waals surface area contributed by atoms with E-state index in [4.69, 9.17) is 40.0 Å². The van der Waals surface area contributed by atoms with Gasteiger partial charge in [-0.05, 0) is 55.6 Å². The molecule has 0 aromatic heterocycles. The lowest BCUT2D eigenvalue weighted by atomic mass is 9.80. The number of primary amides is 1. The summed E-state index contributed by atoms with van der Waals surface area (Å²) >= 11 is 0. The Balaban J connectivity index is 2.43. The minimum absolute atomic E-state index is 0.0757. The van der Waals surface area contributed by atoms with Crippen molar-refractivity contribution in [2.75, 3.05) is 6.54 Å². The van der Waals surface area contributed by atoms with Crippen molar-refractivity contribution in [3.05, 3.63) is 0 Å². The molecule has 0 aromatic carbocycles. The Morgan fingerprint density at radius 2 is 1.76 bits per heavy atom. The Labute approximate surface area is 255 Å². The van der Waals surface area contributed by atoms with E-state index in [0.29, 0.717) is 19.3 Å². The summed E-state index contributed by atoms with van der Waals surface area (Å²) in [6.07, 6.45) is 0.694. The van der Waals surface area contributed by atoms with Crippen LogP contribution in [0.3, 0.4) is 0 Å². The van der Waals surface area contributed by atoms with Gasteiger partial charge in [-0.25, -0.2) is 4.79 Å².